The molecule has 0 saturated carbocycles. The van der Waals surface area contributed by atoms with E-state index in [2.05, 4.69) is 0 Å². The molecule has 5 nitrogen and oxygen atoms in total. The molecule has 0 bridgehead atoms. The highest BCUT2D eigenvalue weighted by atomic mass is 35.5. The minimum atomic E-state index is -4.78. The average Bonchev–Trinajstić information content (AvgIpc) is 2.84. The van der Waals surface area contributed by atoms with E-state index in [4.69, 9.17) is 16.3 Å². The van der Waals surface area contributed by atoms with Crippen molar-refractivity contribution < 1.29 is 32.6 Å². The van der Waals surface area contributed by atoms with E-state index in [0.29, 0.717) is 11.0 Å². The van der Waals surface area contributed by atoms with Crippen molar-refractivity contribution in [3.63, 3.8) is 0 Å². The van der Waals surface area contributed by atoms with Gasteiger partial charge in [-0.05, 0) is 24.3 Å². The molecule has 0 spiro atoms. The summed E-state index contributed by atoms with van der Waals surface area (Å²) in [5.41, 5.74) is -1.78. The summed E-state index contributed by atoms with van der Waals surface area (Å²) < 4.78 is 44.4. The van der Waals surface area contributed by atoms with Gasteiger partial charge in [-0.3, -0.25) is 9.59 Å². The number of ether oxygens (including phenoxy) is 1. The summed E-state index contributed by atoms with van der Waals surface area (Å²) >= 11 is 5.57. The number of hydrogen-bond acceptors (Lipinski definition) is 4. The van der Waals surface area contributed by atoms with Gasteiger partial charge in [-0.2, -0.15) is 13.2 Å². The van der Waals surface area contributed by atoms with Crippen LogP contribution in [0.5, 0.6) is 5.75 Å². The van der Waals surface area contributed by atoms with Gasteiger partial charge < -0.3 is 9.84 Å². The Hall–Kier alpha value is -3.00. The molecule has 2 aromatic rings. The maximum Gasteiger partial charge on any atom is 0.417 e. The summed E-state index contributed by atoms with van der Waals surface area (Å²) in [6.45, 7) is 0. The Kier molecular flexibility index (Phi) is 4.61. The Morgan fingerprint density at radius 3 is 2.37 bits per heavy atom. The lowest BCUT2D eigenvalue weighted by molar-refractivity contribution is -0.137. The first-order valence-electron chi connectivity index (χ1n) is 7.49. The van der Waals surface area contributed by atoms with E-state index < -0.39 is 34.3 Å². The predicted molar refractivity (Wildman–Crippen MR) is 91.5 cm³/mol. The van der Waals surface area contributed by atoms with E-state index in [1.165, 1.54) is 19.2 Å². The molecule has 1 heterocycles. The fourth-order valence-corrected chi connectivity index (χ4v) is 2.94. The largest absolute Gasteiger partial charge is 0.502 e. The third-order valence-electron chi connectivity index (χ3n) is 3.95. The maximum atomic E-state index is 13.1. The number of amides is 2. The van der Waals surface area contributed by atoms with E-state index in [-0.39, 0.29) is 22.6 Å². The number of anilines is 1. The normalized spacial score (nSPS) is 14.9. The van der Waals surface area contributed by atoms with Crippen molar-refractivity contribution in [3.05, 3.63) is 64.4 Å². The summed E-state index contributed by atoms with van der Waals surface area (Å²) in [5.74, 6) is -2.78. The van der Waals surface area contributed by atoms with Crippen LogP contribution in [-0.2, 0) is 15.8 Å². The number of para-hydroxylation sites is 1. The highest BCUT2D eigenvalue weighted by Crippen LogP contribution is 2.40. The third-order valence-corrected chi connectivity index (χ3v) is 4.28. The van der Waals surface area contributed by atoms with E-state index >= 15 is 0 Å². The zero-order valence-corrected chi connectivity index (χ0v) is 14.4. The molecule has 0 radical (unpaired) electrons. The van der Waals surface area contributed by atoms with Crippen molar-refractivity contribution in [1.29, 1.82) is 0 Å². The first-order chi connectivity index (χ1) is 12.7. The van der Waals surface area contributed by atoms with Gasteiger partial charge in [-0.15, -0.1) is 0 Å². The Morgan fingerprint density at radius 1 is 1.07 bits per heavy atom. The van der Waals surface area contributed by atoms with Crippen molar-refractivity contribution >= 4 is 34.7 Å². The van der Waals surface area contributed by atoms with Crippen LogP contribution in [0.25, 0.3) is 5.57 Å². The molecule has 0 aliphatic carbocycles. The molecule has 0 unspecified atom stereocenters. The zero-order chi connectivity index (χ0) is 19.9. The number of aliphatic hydroxyl groups excluding tert-OH is 1. The second-order valence-electron chi connectivity index (χ2n) is 5.53. The molecule has 0 fully saturated rings. The van der Waals surface area contributed by atoms with Gasteiger partial charge in [0.2, 0.25) is 0 Å². The fourth-order valence-electron chi connectivity index (χ4n) is 2.72. The minimum Gasteiger partial charge on any atom is -0.502 e. The Labute approximate surface area is 156 Å². The predicted octanol–water partition coefficient (Wildman–Crippen LogP) is 4.21. The number of imide groups is 1. The topological polar surface area (TPSA) is 66.8 Å². The highest BCUT2D eigenvalue weighted by molar-refractivity contribution is 6.45. The molecular formula is C18H11ClF3NO4. The van der Waals surface area contributed by atoms with Crippen molar-refractivity contribution in [2.45, 2.75) is 6.18 Å². The van der Waals surface area contributed by atoms with Gasteiger partial charge >= 0.3 is 12.1 Å². The van der Waals surface area contributed by atoms with Crippen LogP contribution in [0.4, 0.5) is 18.9 Å². The summed E-state index contributed by atoms with van der Waals surface area (Å²) in [5, 5.41) is 9.60. The molecular weight excluding hydrogens is 387 g/mol. The number of alkyl halides is 3. The summed E-state index contributed by atoms with van der Waals surface area (Å²) in [7, 11) is 1.34. The van der Waals surface area contributed by atoms with Crippen molar-refractivity contribution in [2.24, 2.45) is 0 Å². The Morgan fingerprint density at radius 2 is 1.74 bits per heavy atom. The van der Waals surface area contributed by atoms with Crippen LogP contribution in [0.1, 0.15) is 11.1 Å². The van der Waals surface area contributed by atoms with Crippen LogP contribution in [0.15, 0.2) is 48.2 Å². The summed E-state index contributed by atoms with van der Waals surface area (Å²) in [6.07, 6.45) is -4.78. The first kappa shape index (κ1) is 18.8. The van der Waals surface area contributed by atoms with E-state index in [9.17, 15) is 27.9 Å². The number of carbonyl (C=O) groups excluding carboxylic acids is 2. The van der Waals surface area contributed by atoms with Crippen LogP contribution >= 0.6 is 11.6 Å². The molecule has 0 saturated heterocycles. The molecule has 1 N–H and O–H groups in total. The molecule has 9 heteroatoms. The number of nitrogens with zero attached hydrogens (tertiary/aromatic N) is 1. The molecule has 1 aliphatic heterocycles. The van der Waals surface area contributed by atoms with Crippen LogP contribution in [0.2, 0.25) is 5.02 Å². The van der Waals surface area contributed by atoms with Gasteiger partial charge in [0, 0.05) is 5.56 Å². The lowest BCUT2D eigenvalue weighted by Crippen LogP contribution is -2.31. The van der Waals surface area contributed by atoms with Gasteiger partial charge in [0.15, 0.2) is 5.76 Å². The van der Waals surface area contributed by atoms with Crippen LogP contribution in [-0.4, -0.2) is 24.0 Å². The molecule has 0 atom stereocenters. The minimum absolute atomic E-state index is 0.142. The fraction of sp³-hybridized carbons (Fsp3) is 0.111. The van der Waals surface area contributed by atoms with E-state index in [1.807, 2.05) is 0 Å². The summed E-state index contributed by atoms with van der Waals surface area (Å²) in [6, 6.07) is 8.74. The molecule has 0 aromatic heterocycles. The number of aliphatic hydroxyl groups is 1. The van der Waals surface area contributed by atoms with Gasteiger partial charge in [-0.25, -0.2) is 4.90 Å². The molecule has 1 aliphatic rings. The summed E-state index contributed by atoms with van der Waals surface area (Å²) in [4.78, 5) is 25.6. The van der Waals surface area contributed by atoms with Crippen molar-refractivity contribution in [3.8, 4) is 5.75 Å². The molecule has 3 rings (SSSR count). The average molecular weight is 398 g/mol. The second kappa shape index (κ2) is 6.62. The third kappa shape index (κ3) is 3.12. The number of methoxy groups -OCH3 is 1. The lowest BCUT2D eigenvalue weighted by atomic mass is 10.0. The lowest BCUT2D eigenvalue weighted by Gasteiger charge is -2.17. The monoisotopic (exact) mass is 397 g/mol. The zero-order valence-electron chi connectivity index (χ0n) is 13.7. The van der Waals surface area contributed by atoms with E-state index in [1.54, 1.807) is 12.1 Å². The number of rotatable bonds is 3. The molecule has 27 heavy (non-hydrogen) atoms. The molecule has 2 amide bonds. The standard InChI is InChI=1S/C18H11ClF3NO4/c1-27-13-5-3-2-4-10(13)14-15(24)17(26)23(16(14)25)9-6-7-12(19)11(8-9)18(20,21)22/h2-8,24H,1H3. The number of carbonyl (C=O) groups is 2. The molecule has 140 valence electrons. The van der Waals surface area contributed by atoms with E-state index in [0.717, 1.165) is 12.1 Å². The van der Waals surface area contributed by atoms with Crippen LogP contribution < -0.4 is 9.64 Å². The molecule has 2 aromatic carbocycles. The Balaban J connectivity index is 2.10. The second-order valence-corrected chi connectivity index (χ2v) is 5.94. The van der Waals surface area contributed by atoms with Crippen LogP contribution in [0.3, 0.4) is 0 Å². The maximum absolute atomic E-state index is 13.1. The SMILES string of the molecule is COc1ccccc1C1=C(O)C(=O)N(c2ccc(Cl)c(C(F)(F)F)c2)C1=O. The Bertz CT molecular complexity index is 985. The first-order valence-corrected chi connectivity index (χ1v) is 7.86. The number of hydrogen-bond donors (Lipinski definition) is 1. The highest BCUT2D eigenvalue weighted by Gasteiger charge is 2.42. The quantitative estimate of drug-likeness (QED) is 0.788. The number of benzene rings is 2. The smallest absolute Gasteiger partial charge is 0.417 e. The van der Waals surface area contributed by atoms with Gasteiger partial charge in [0.1, 0.15) is 5.75 Å². The van der Waals surface area contributed by atoms with Gasteiger partial charge in [0.25, 0.3) is 5.91 Å². The van der Waals surface area contributed by atoms with Crippen LogP contribution in [0, 0.1) is 0 Å². The van der Waals surface area contributed by atoms with Crippen molar-refractivity contribution in [2.75, 3.05) is 12.0 Å². The van der Waals surface area contributed by atoms with Gasteiger partial charge in [0.05, 0.1) is 29.0 Å². The number of halogens is 4. The van der Waals surface area contributed by atoms with Crippen molar-refractivity contribution in [1.82, 2.24) is 0 Å². The van der Waals surface area contributed by atoms with Gasteiger partial charge in [-0.1, -0.05) is 29.8 Å².